The van der Waals surface area contributed by atoms with E-state index in [2.05, 4.69) is 5.32 Å². The number of carbonyl (C=O) groups excluding carboxylic acids is 1. The third kappa shape index (κ3) is 3.53. The normalized spacial score (nSPS) is 11.9. The summed E-state index contributed by atoms with van der Waals surface area (Å²) in [6, 6.07) is 10.6. The maximum atomic E-state index is 12.4. The summed E-state index contributed by atoms with van der Waals surface area (Å²) in [6.07, 6.45) is 1.20. The summed E-state index contributed by atoms with van der Waals surface area (Å²) in [7, 11) is 0. The second-order valence-corrected chi connectivity index (χ2v) is 6.09. The maximum absolute atomic E-state index is 12.4. The van der Waals surface area contributed by atoms with Gasteiger partial charge in [0.1, 0.15) is 29.5 Å². The predicted molar refractivity (Wildman–Crippen MR) is 98.1 cm³/mol. The van der Waals surface area contributed by atoms with Crippen molar-refractivity contribution >= 4 is 16.9 Å². The van der Waals surface area contributed by atoms with E-state index in [-0.39, 0.29) is 12.1 Å². The molecule has 8 nitrogen and oxygen atoms in total. The molecule has 2 aromatic heterocycles. The number of aryl methyl sites for hydroxylation is 1. The van der Waals surface area contributed by atoms with Crippen LogP contribution >= 0.6 is 0 Å². The number of benzene rings is 1. The minimum atomic E-state index is -0.779. The number of carbonyl (C=O) groups is 1. The Kier molecular flexibility index (Phi) is 4.94. The second kappa shape index (κ2) is 7.33. The molecule has 0 radical (unpaired) electrons. The van der Waals surface area contributed by atoms with Gasteiger partial charge in [0, 0.05) is 18.1 Å². The fourth-order valence-corrected chi connectivity index (χ4v) is 2.81. The zero-order valence-corrected chi connectivity index (χ0v) is 14.9. The van der Waals surface area contributed by atoms with Gasteiger partial charge in [0.2, 0.25) is 5.91 Å². The van der Waals surface area contributed by atoms with Gasteiger partial charge in [0.05, 0.1) is 6.04 Å². The zero-order chi connectivity index (χ0) is 19.6. The fourth-order valence-electron chi connectivity index (χ4n) is 2.81. The topological polar surface area (TPSA) is 110 Å². The van der Waals surface area contributed by atoms with Crippen LogP contribution in [0.15, 0.2) is 50.5 Å². The number of furan rings is 1. The first-order valence-corrected chi connectivity index (χ1v) is 8.46. The van der Waals surface area contributed by atoms with Gasteiger partial charge in [0.25, 0.3) is 5.56 Å². The average Bonchev–Trinajstić information content (AvgIpc) is 3.10. The van der Waals surface area contributed by atoms with Gasteiger partial charge in [-0.25, -0.2) is 9.36 Å². The largest absolute Gasteiger partial charge is 0.459 e. The number of hydrogen-bond acceptors (Lipinski definition) is 5. The number of amides is 1. The van der Waals surface area contributed by atoms with E-state index in [0.29, 0.717) is 11.3 Å². The van der Waals surface area contributed by atoms with Crippen molar-refractivity contribution in [1.29, 1.82) is 5.26 Å². The molecule has 0 aliphatic heterocycles. The van der Waals surface area contributed by atoms with Gasteiger partial charge in [-0.3, -0.25) is 14.2 Å². The molecule has 3 rings (SSSR count). The summed E-state index contributed by atoms with van der Waals surface area (Å²) in [6.45, 7) is 3.26. The highest BCUT2D eigenvalue weighted by Crippen LogP contribution is 2.23. The van der Waals surface area contributed by atoms with Crippen LogP contribution in [0.3, 0.4) is 0 Å². The van der Waals surface area contributed by atoms with E-state index in [1.807, 2.05) is 30.3 Å². The lowest BCUT2D eigenvalue weighted by molar-refractivity contribution is -0.122. The van der Waals surface area contributed by atoms with E-state index >= 15 is 0 Å². The van der Waals surface area contributed by atoms with E-state index in [9.17, 15) is 14.4 Å². The molecule has 1 atom stereocenters. The van der Waals surface area contributed by atoms with Crippen molar-refractivity contribution < 1.29 is 9.21 Å². The van der Waals surface area contributed by atoms with Gasteiger partial charge in [-0.1, -0.05) is 18.2 Å². The summed E-state index contributed by atoms with van der Waals surface area (Å²) < 4.78 is 7.69. The highest BCUT2D eigenvalue weighted by atomic mass is 16.3. The molecule has 0 unspecified atom stereocenters. The molecule has 1 aromatic carbocycles. The SMILES string of the molecule is CCn1cc(C#N)c(=O)n(CC(=O)N[C@H](C)c2cc3ccccc3o2)c1=O. The molecule has 2 heterocycles. The first-order chi connectivity index (χ1) is 12.9. The number of para-hydroxylation sites is 1. The van der Waals surface area contributed by atoms with Crippen molar-refractivity contribution in [2.75, 3.05) is 0 Å². The number of nitriles is 1. The van der Waals surface area contributed by atoms with Crippen LogP contribution < -0.4 is 16.6 Å². The molecule has 138 valence electrons. The van der Waals surface area contributed by atoms with Crippen LogP contribution in [0, 0.1) is 11.3 Å². The maximum Gasteiger partial charge on any atom is 0.331 e. The molecule has 0 fully saturated rings. The molecule has 0 aliphatic carbocycles. The molecule has 0 saturated heterocycles. The van der Waals surface area contributed by atoms with Crippen LogP contribution in [0.25, 0.3) is 11.0 Å². The van der Waals surface area contributed by atoms with E-state index in [0.717, 1.165) is 9.95 Å². The Balaban J connectivity index is 1.82. The Hall–Kier alpha value is -3.60. The predicted octanol–water partition coefficient (Wildman–Crippen LogP) is 1.53. The van der Waals surface area contributed by atoms with Gasteiger partial charge in [-0.15, -0.1) is 0 Å². The second-order valence-electron chi connectivity index (χ2n) is 6.09. The summed E-state index contributed by atoms with van der Waals surface area (Å²) in [4.78, 5) is 36.9. The summed E-state index contributed by atoms with van der Waals surface area (Å²) >= 11 is 0. The van der Waals surface area contributed by atoms with E-state index in [4.69, 9.17) is 9.68 Å². The van der Waals surface area contributed by atoms with Crippen LogP contribution in [0.2, 0.25) is 0 Å². The monoisotopic (exact) mass is 366 g/mol. The number of hydrogen-bond donors (Lipinski definition) is 1. The lowest BCUT2D eigenvalue weighted by Gasteiger charge is -2.13. The third-order valence-electron chi connectivity index (χ3n) is 4.25. The van der Waals surface area contributed by atoms with Gasteiger partial charge >= 0.3 is 5.69 Å². The van der Waals surface area contributed by atoms with Crippen LogP contribution in [-0.4, -0.2) is 15.0 Å². The number of aromatic nitrogens is 2. The molecule has 0 aliphatic rings. The highest BCUT2D eigenvalue weighted by Gasteiger charge is 2.17. The quantitative estimate of drug-likeness (QED) is 0.736. The smallest absolute Gasteiger partial charge is 0.331 e. The summed E-state index contributed by atoms with van der Waals surface area (Å²) in [5.41, 5.74) is -0.890. The molecular formula is C19H18N4O4. The fraction of sp³-hybridized carbons (Fsp3) is 0.263. The van der Waals surface area contributed by atoms with Crippen molar-refractivity contribution in [3.05, 3.63) is 68.7 Å². The lowest BCUT2D eigenvalue weighted by atomic mass is 10.2. The highest BCUT2D eigenvalue weighted by molar-refractivity contribution is 5.79. The van der Waals surface area contributed by atoms with Gasteiger partial charge in [-0.2, -0.15) is 5.26 Å². The van der Waals surface area contributed by atoms with Crippen molar-refractivity contribution in [2.45, 2.75) is 33.0 Å². The minimum Gasteiger partial charge on any atom is -0.459 e. The molecule has 0 spiro atoms. The number of rotatable bonds is 5. The zero-order valence-electron chi connectivity index (χ0n) is 14.9. The molecular weight excluding hydrogens is 348 g/mol. The molecule has 0 bridgehead atoms. The Labute approximate surface area is 154 Å². The summed E-state index contributed by atoms with van der Waals surface area (Å²) in [5, 5.41) is 12.7. The molecule has 8 heteroatoms. The van der Waals surface area contributed by atoms with Crippen LogP contribution in [-0.2, 0) is 17.9 Å². The van der Waals surface area contributed by atoms with Crippen LogP contribution in [0.1, 0.15) is 31.2 Å². The first-order valence-electron chi connectivity index (χ1n) is 8.46. The molecule has 0 saturated carbocycles. The summed E-state index contributed by atoms with van der Waals surface area (Å²) in [5.74, 6) is 0.0357. The Morgan fingerprint density at radius 1 is 1.33 bits per heavy atom. The van der Waals surface area contributed by atoms with Crippen molar-refractivity contribution in [3.8, 4) is 6.07 Å². The number of nitrogens with zero attached hydrogens (tertiary/aromatic N) is 3. The average molecular weight is 366 g/mol. The molecule has 1 amide bonds. The van der Waals surface area contributed by atoms with E-state index < -0.39 is 29.7 Å². The minimum absolute atomic E-state index is 0.186. The Morgan fingerprint density at radius 3 is 2.74 bits per heavy atom. The number of fused-ring (bicyclic) bond motifs is 1. The van der Waals surface area contributed by atoms with Crippen LogP contribution in [0.5, 0.6) is 0 Å². The van der Waals surface area contributed by atoms with Crippen molar-refractivity contribution in [2.24, 2.45) is 0 Å². The van der Waals surface area contributed by atoms with Gasteiger partial charge in [0.15, 0.2) is 0 Å². The van der Waals surface area contributed by atoms with Crippen molar-refractivity contribution in [3.63, 3.8) is 0 Å². The van der Waals surface area contributed by atoms with Gasteiger partial charge < -0.3 is 9.73 Å². The van der Waals surface area contributed by atoms with Crippen LogP contribution in [0.4, 0.5) is 0 Å². The standard InChI is InChI=1S/C19H18N4O4/c1-3-22-10-14(9-20)18(25)23(19(22)26)11-17(24)21-12(2)16-8-13-6-4-5-7-15(13)27-16/h4-8,10,12H,3,11H2,1-2H3,(H,21,24)/t12-/m1/s1. The lowest BCUT2D eigenvalue weighted by Crippen LogP contribution is -2.44. The Bertz CT molecular complexity index is 1130. The molecule has 3 aromatic rings. The van der Waals surface area contributed by atoms with Gasteiger partial charge in [-0.05, 0) is 26.0 Å². The third-order valence-corrected chi connectivity index (χ3v) is 4.25. The Morgan fingerprint density at radius 2 is 2.07 bits per heavy atom. The first kappa shape index (κ1) is 18.2. The van der Waals surface area contributed by atoms with Crippen molar-refractivity contribution in [1.82, 2.24) is 14.5 Å². The van der Waals surface area contributed by atoms with E-state index in [1.165, 1.54) is 10.8 Å². The molecule has 27 heavy (non-hydrogen) atoms. The number of nitrogens with one attached hydrogen (secondary N) is 1. The van der Waals surface area contributed by atoms with E-state index in [1.54, 1.807) is 19.9 Å². The molecule has 1 N–H and O–H groups in total.